The van der Waals surface area contributed by atoms with Gasteiger partial charge in [0.1, 0.15) is 0 Å². The molecule has 6 heteroatoms. The molecule has 1 saturated heterocycles. The Morgan fingerprint density at radius 1 is 1.15 bits per heavy atom. The highest BCUT2D eigenvalue weighted by molar-refractivity contribution is 6.30. The minimum atomic E-state index is -0.123. The summed E-state index contributed by atoms with van der Waals surface area (Å²) in [5.41, 5.74) is 1.18. The SMILES string of the molecule is CCOC(=O)C1CCN(C(=O)CN(Cc2ccc(Cl)cc2)C2CC2)CC1. The van der Waals surface area contributed by atoms with E-state index in [1.54, 1.807) is 0 Å². The van der Waals surface area contributed by atoms with Gasteiger partial charge in [-0.3, -0.25) is 14.5 Å². The number of nitrogens with zero attached hydrogens (tertiary/aromatic N) is 2. The Labute approximate surface area is 160 Å². The third kappa shape index (κ3) is 5.21. The molecule has 1 heterocycles. The highest BCUT2D eigenvalue weighted by Crippen LogP contribution is 2.29. The van der Waals surface area contributed by atoms with Gasteiger partial charge in [0.25, 0.3) is 0 Å². The number of likely N-dealkylation sites (tertiary alicyclic amines) is 1. The van der Waals surface area contributed by atoms with Crippen molar-refractivity contribution in [1.82, 2.24) is 9.80 Å². The largest absolute Gasteiger partial charge is 0.466 e. The van der Waals surface area contributed by atoms with Crippen molar-refractivity contribution in [3.05, 3.63) is 34.9 Å². The molecule has 1 aromatic carbocycles. The van der Waals surface area contributed by atoms with Crippen molar-refractivity contribution in [2.75, 3.05) is 26.2 Å². The fourth-order valence-electron chi connectivity index (χ4n) is 3.48. The van der Waals surface area contributed by atoms with Crippen molar-refractivity contribution in [2.45, 2.75) is 45.2 Å². The summed E-state index contributed by atoms with van der Waals surface area (Å²) < 4.78 is 5.10. The maximum Gasteiger partial charge on any atom is 0.309 e. The predicted octanol–water partition coefficient (Wildman–Crippen LogP) is 3.11. The molecule has 0 spiro atoms. The van der Waals surface area contributed by atoms with Crippen LogP contribution in [0.5, 0.6) is 0 Å². The molecule has 1 amide bonds. The number of ether oxygens (including phenoxy) is 1. The number of piperidine rings is 1. The Balaban J connectivity index is 1.51. The number of carbonyl (C=O) groups is 2. The average Bonchev–Trinajstić information content (AvgIpc) is 3.48. The fraction of sp³-hybridized carbons (Fsp3) is 0.600. The zero-order chi connectivity index (χ0) is 18.5. The molecule has 1 saturated carbocycles. The van der Waals surface area contributed by atoms with Gasteiger partial charge in [0.05, 0.1) is 19.1 Å². The molecule has 2 fully saturated rings. The van der Waals surface area contributed by atoms with Gasteiger partial charge in [0, 0.05) is 30.7 Å². The van der Waals surface area contributed by atoms with Gasteiger partial charge >= 0.3 is 5.97 Å². The number of hydrogen-bond acceptors (Lipinski definition) is 4. The van der Waals surface area contributed by atoms with Gasteiger partial charge in [-0.1, -0.05) is 23.7 Å². The molecule has 1 aromatic rings. The molecule has 3 rings (SSSR count). The predicted molar refractivity (Wildman–Crippen MR) is 101 cm³/mol. The number of amides is 1. The Bertz CT molecular complexity index is 622. The summed E-state index contributed by atoms with van der Waals surface area (Å²) in [6.07, 6.45) is 3.72. The molecule has 0 bridgehead atoms. The second-order valence-corrected chi connectivity index (χ2v) is 7.61. The first-order chi connectivity index (χ1) is 12.6. The molecular formula is C20H27ClN2O3. The van der Waals surface area contributed by atoms with E-state index in [1.165, 1.54) is 5.56 Å². The lowest BCUT2D eigenvalue weighted by atomic mass is 9.97. The molecule has 26 heavy (non-hydrogen) atoms. The van der Waals surface area contributed by atoms with Crippen molar-refractivity contribution < 1.29 is 14.3 Å². The van der Waals surface area contributed by atoms with E-state index in [4.69, 9.17) is 16.3 Å². The second-order valence-electron chi connectivity index (χ2n) is 7.17. The average molecular weight is 379 g/mol. The van der Waals surface area contributed by atoms with Crippen LogP contribution in [0.15, 0.2) is 24.3 Å². The summed E-state index contributed by atoms with van der Waals surface area (Å²) in [5, 5.41) is 0.729. The molecular weight excluding hydrogens is 352 g/mol. The molecule has 0 unspecified atom stereocenters. The van der Waals surface area contributed by atoms with Crippen LogP contribution in [-0.2, 0) is 20.9 Å². The van der Waals surface area contributed by atoms with Gasteiger partial charge in [-0.25, -0.2) is 0 Å². The Morgan fingerprint density at radius 2 is 1.81 bits per heavy atom. The molecule has 0 radical (unpaired) electrons. The quantitative estimate of drug-likeness (QED) is 0.684. The van der Waals surface area contributed by atoms with Crippen LogP contribution in [-0.4, -0.2) is 54.0 Å². The van der Waals surface area contributed by atoms with Crippen LogP contribution in [0.3, 0.4) is 0 Å². The molecule has 5 nitrogen and oxygen atoms in total. The first-order valence-corrected chi connectivity index (χ1v) is 9.87. The highest BCUT2D eigenvalue weighted by atomic mass is 35.5. The lowest BCUT2D eigenvalue weighted by Gasteiger charge is -2.33. The van der Waals surface area contributed by atoms with Gasteiger partial charge in [-0.05, 0) is 50.3 Å². The topological polar surface area (TPSA) is 49.9 Å². The van der Waals surface area contributed by atoms with Crippen molar-refractivity contribution in [3.8, 4) is 0 Å². The van der Waals surface area contributed by atoms with Crippen LogP contribution in [0, 0.1) is 5.92 Å². The van der Waals surface area contributed by atoms with E-state index >= 15 is 0 Å². The number of rotatable bonds is 7. The molecule has 142 valence electrons. The van der Waals surface area contributed by atoms with Crippen LogP contribution < -0.4 is 0 Å². The van der Waals surface area contributed by atoms with E-state index < -0.39 is 0 Å². The summed E-state index contributed by atoms with van der Waals surface area (Å²) >= 11 is 5.96. The normalized spacial score (nSPS) is 18.2. The number of benzene rings is 1. The van der Waals surface area contributed by atoms with Gasteiger partial charge in [-0.2, -0.15) is 0 Å². The summed E-state index contributed by atoms with van der Waals surface area (Å²) in [5.74, 6) is -0.0253. The van der Waals surface area contributed by atoms with E-state index in [1.807, 2.05) is 36.1 Å². The molecule has 0 aromatic heterocycles. The minimum absolute atomic E-state index is 0.0624. The van der Waals surface area contributed by atoms with Gasteiger partial charge in [-0.15, -0.1) is 0 Å². The lowest BCUT2D eigenvalue weighted by Crippen LogP contribution is -2.45. The molecule has 1 aliphatic carbocycles. The van der Waals surface area contributed by atoms with Crippen molar-refractivity contribution in [1.29, 1.82) is 0 Å². The van der Waals surface area contributed by atoms with Crippen molar-refractivity contribution in [3.63, 3.8) is 0 Å². The first-order valence-electron chi connectivity index (χ1n) is 9.49. The molecule has 1 aliphatic heterocycles. The molecule has 0 atom stereocenters. The van der Waals surface area contributed by atoms with E-state index in [2.05, 4.69) is 4.90 Å². The first kappa shape index (κ1) is 19.2. The van der Waals surface area contributed by atoms with Crippen LogP contribution in [0.25, 0.3) is 0 Å². The maximum absolute atomic E-state index is 12.7. The van der Waals surface area contributed by atoms with Crippen LogP contribution in [0.2, 0.25) is 5.02 Å². The Morgan fingerprint density at radius 3 is 2.38 bits per heavy atom. The van der Waals surface area contributed by atoms with Gasteiger partial charge in [0.2, 0.25) is 5.91 Å². The zero-order valence-electron chi connectivity index (χ0n) is 15.3. The number of esters is 1. The second kappa shape index (κ2) is 8.87. The van der Waals surface area contributed by atoms with Gasteiger partial charge in [0.15, 0.2) is 0 Å². The smallest absolute Gasteiger partial charge is 0.309 e. The Kier molecular flexibility index (Phi) is 6.54. The number of carbonyl (C=O) groups excluding carboxylic acids is 2. The van der Waals surface area contributed by atoms with Crippen LogP contribution in [0.4, 0.5) is 0 Å². The maximum atomic E-state index is 12.7. The third-order valence-corrected chi connectivity index (χ3v) is 5.42. The lowest BCUT2D eigenvalue weighted by molar-refractivity contribution is -0.151. The molecule has 0 N–H and O–H groups in total. The van der Waals surface area contributed by atoms with E-state index in [0.717, 1.165) is 24.4 Å². The van der Waals surface area contributed by atoms with Crippen molar-refractivity contribution >= 4 is 23.5 Å². The third-order valence-electron chi connectivity index (χ3n) is 5.17. The van der Waals surface area contributed by atoms with E-state index in [0.29, 0.717) is 45.1 Å². The minimum Gasteiger partial charge on any atom is -0.466 e. The highest BCUT2D eigenvalue weighted by Gasteiger charge is 2.33. The summed E-state index contributed by atoms with van der Waals surface area (Å²) in [7, 11) is 0. The standard InChI is InChI=1S/C20H27ClN2O3/c1-2-26-20(25)16-9-11-22(12-10-16)19(24)14-23(18-7-8-18)13-15-3-5-17(21)6-4-15/h3-6,16,18H,2,7-14H2,1H3. The van der Waals surface area contributed by atoms with Crippen molar-refractivity contribution in [2.24, 2.45) is 5.92 Å². The van der Waals surface area contributed by atoms with E-state index in [9.17, 15) is 9.59 Å². The number of hydrogen-bond donors (Lipinski definition) is 0. The zero-order valence-corrected chi connectivity index (χ0v) is 16.1. The molecule has 2 aliphatic rings. The monoisotopic (exact) mass is 378 g/mol. The summed E-state index contributed by atoms with van der Waals surface area (Å²) in [6, 6.07) is 8.33. The number of halogens is 1. The fourth-order valence-corrected chi connectivity index (χ4v) is 3.60. The van der Waals surface area contributed by atoms with Crippen LogP contribution in [0.1, 0.15) is 38.2 Å². The summed E-state index contributed by atoms with van der Waals surface area (Å²) in [6.45, 7) is 4.73. The van der Waals surface area contributed by atoms with Gasteiger partial charge < -0.3 is 9.64 Å². The Hall–Kier alpha value is -1.59. The van der Waals surface area contributed by atoms with Crippen LogP contribution >= 0.6 is 11.6 Å². The van der Waals surface area contributed by atoms with E-state index in [-0.39, 0.29) is 17.8 Å². The summed E-state index contributed by atoms with van der Waals surface area (Å²) in [4.78, 5) is 28.7.